The van der Waals surface area contributed by atoms with Crippen molar-refractivity contribution in [2.24, 2.45) is 7.05 Å². The van der Waals surface area contributed by atoms with Crippen molar-refractivity contribution >= 4 is 17.4 Å². The molecule has 1 amide bonds. The van der Waals surface area contributed by atoms with Crippen molar-refractivity contribution in [1.29, 1.82) is 0 Å². The van der Waals surface area contributed by atoms with Crippen LogP contribution in [0.15, 0.2) is 42.6 Å². The molecule has 0 saturated carbocycles. The molecule has 2 rings (SSSR count). The number of carbonyl (C=O) groups is 2. The summed E-state index contributed by atoms with van der Waals surface area (Å²) in [6, 6.07) is 10.5. The maximum atomic E-state index is 11.9. The second-order valence-corrected chi connectivity index (χ2v) is 4.43. The highest BCUT2D eigenvalue weighted by Gasteiger charge is 2.10. The van der Waals surface area contributed by atoms with Crippen LogP contribution >= 0.6 is 0 Å². The lowest BCUT2D eigenvalue weighted by molar-refractivity contribution is -0.114. The standard InChI is InChI=1S/C15H16N2O3/c1-11(18)16-12-5-3-6-13(9-12)20-10-15(19)14-7-4-8-17(14)2/h3-9H,10H2,1-2H3,(H,16,18). The molecule has 1 N–H and O–H groups in total. The van der Waals surface area contributed by atoms with E-state index in [0.717, 1.165) is 0 Å². The minimum Gasteiger partial charge on any atom is -0.485 e. The summed E-state index contributed by atoms with van der Waals surface area (Å²) in [5.41, 5.74) is 1.24. The van der Waals surface area contributed by atoms with Crippen molar-refractivity contribution in [2.75, 3.05) is 11.9 Å². The van der Waals surface area contributed by atoms with Crippen LogP contribution in [0, 0.1) is 0 Å². The largest absolute Gasteiger partial charge is 0.485 e. The van der Waals surface area contributed by atoms with Gasteiger partial charge in [0.25, 0.3) is 0 Å². The van der Waals surface area contributed by atoms with Gasteiger partial charge in [-0.15, -0.1) is 0 Å². The molecule has 20 heavy (non-hydrogen) atoms. The lowest BCUT2D eigenvalue weighted by Gasteiger charge is -2.08. The van der Waals surface area contributed by atoms with Gasteiger partial charge in [0.15, 0.2) is 6.61 Å². The van der Waals surface area contributed by atoms with Crippen LogP contribution < -0.4 is 10.1 Å². The van der Waals surface area contributed by atoms with Crippen molar-refractivity contribution in [3.8, 4) is 5.75 Å². The third-order valence-electron chi connectivity index (χ3n) is 2.75. The number of nitrogens with one attached hydrogen (secondary N) is 1. The summed E-state index contributed by atoms with van der Waals surface area (Å²) in [6.07, 6.45) is 1.81. The molecule has 0 aliphatic carbocycles. The van der Waals surface area contributed by atoms with Gasteiger partial charge in [-0.2, -0.15) is 0 Å². The van der Waals surface area contributed by atoms with E-state index in [0.29, 0.717) is 17.1 Å². The van der Waals surface area contributed by atoms with Crippen molar-refractivity contribution in [3.05, 3.63) is 48.3 Å². The third-order valence-corrected chi connectivity index (χ3v) is 2.75. The number of aromatic nitrogens is 1. The SMILES string of the molecule is CC(=O)Nc1cccc(OCC(=O)c2cccn2C)c1. The van der Waals surface area contributed by atoms with Crippen molar-refractivity contribution in [3.63, 3.8) is 0 Å². The molecule has 5 nitrogen and oxygen atoms in total. The summed E-state index contributed by atoms with van der Waals surface area (Å²) in [5, 5.41) is 2.66. The fourth-order valence-electron chi connectivity index (χ4n) is 1.84. The van der Waals surface area contributed by atoms with E-state index in [1.807, 2.05) is 19.3 Å². The van der Waals surface area contributed by atoms with Crippen LogP contribution in [0.2, 0.25) is 0 Å². The molecule has 0 spiro atoms. The Bertz CT molecular complexity index is 632. The quantitative estimate of drug-likeness (QED) is 0.849. The molecule has 104 valence electrons. The number of ketones is 1. The first-order chi connectivity index (χ1) is 9.56. The summed E-state index contributed by atoms with van der Waals surface area (Å²) in [7, 11) is 1.81. The van der Waals surface area contributed by atoms with Gasteiger partial charge in [0.1, 0.15) is 5.75 Å². The van der Waals surface area contributed by atoms with Gasteiger partial charge >= 0.3 is 0 Å². The Hall–Kier alpha value is -2.56. The number of hydrogen-bond acceptors (Lipinski definition) is 3. The molecule has 0 unspecified atom stereocenters. The van der Waals surface area contributed by atoms with Crippen molar-refractivity contribution < 1.29 is 14.3 Å². The normalized spacial score (nSPS) is 10.1. The van der Waals surface area contributed by atoms with Crippen LogP contribution in [0.1, 0.15) is 17.4 Å². The predicted molar refractivity (Wildman–Crippen MR) is 76.0 cm³/mol. The Kier molecular flexibility index (Phi) is 4.20. The molecule has 0 fully saturated rings. The number of Topliss-reactive ketones (excluding diaryl/α,β-unsaturated/α-hetero) is 1. The molecule has 1 aromatic carbocycles. The Morgan fingerprint density at radius 2 is 2.05 bits per heavy atom. The van der Waals surface area contributed by atoms with E-state index in [-0.39, 0.29) is 18.3 Å². The zero-order valence-corrected chi connectivity index (χ0v) is 11.4. The minimum absolute atomic E-state index is 0.0403. The van der Waals surface area contributed by atoms with Crippen LogP contribution in [0.3, 0.4) is 0 Å². The highest BCUT2D eigenvalue weighted by atomic mass is 16.5. The number of anilines is 1. The number of benzene rings is 1. The number of rotatable bonds is 5. The molecule has 0 saturated heterocycles. The molecule has 0 aliphatic rings. The van der Waals surface area contributed by atoms with E-state index in [9.17, 15) is 9.59 Å². The fourth-order valence-corrected chi connectivity index (χ4v) is 1.84. The Labute approximate surface area is 117 Å². The van der Waals surface area contributed by atoms with Crippen LogP contribution in [0.4, 0.5) is 5.69 Å². The third kappa shape index (κ3) is 3.47. The maximum Gasteiger partial charge on any atom is 0.221 e. The van der Waals surface area contributed by atoms with E-state index in [1.165, 1.54) is 6.92 Å². The van der Waals surface area contributed by atoms with Gasteiger partial charge < -0.3 is 14.6 Å². The molecule has 1 aromatic heterocycles. The molecule has 0 aliphatic heterocycles. The maximum absolute atomic E-state index is 11.9. The van der Waals surface area contributed by atoms with Gasteiger partial charge in [-0.1, -0.05) is 6.07 Å². The summed E-state index contributed by atoms with van der Waals surface area (Å²) in [5.74, 6) is 0.295. The summed E-state index contributed by atoms with van der Waals surface area (Å²) in [6.45, 7) is 1.40. The van der Waals surface area contributed by atoms with E-state index in [1.54, 1.807) is 34.9 Å². The molecule has 5 heteroatoms. The fraction of sp³-hybridized carbons (Fsp3) is 0.200. The van der Waals surface area contributed by atoms with Gasteiger partial charge in [0, 0.05) is 31.9 Å². The Morgan fingerprint density at radius 1 is 1.25 bits per heavy atom. The number of ether oxygens (including phenoxy) is 1. The second-order valence-electron chi connectivity index (χ2n) is 4.43. The highest BCUT2D eigenvalue weighted by molar-refractivity contribution is 5.95. The number of carbonyl (C=O) groups excluding carboxylic acids is 2. The zero-order valence-electron chi connectivity index (χ0n) is 11.4. The number of amides is 1. The van der Waals surface area contributed by atoms with Crippen molar-refractivity contribution in [1.82, 2.24) is 4.57 Å². The topological polar surface area (TPSA) is 60.3 Å². The minimum atomic E-state index is -0.151. The van der Waals surface area contributed by atoms with Gasteiger partial charge in [-0.3, -0.25) is 9.59 Å². The summed E-state index contributed by atoms with van der Waals surface area (Å²) < 4.78 is 7.20. The monoisotopic (exact) mass is 272 g/mol. The second kappa shape index (κ2) is 6.06. The molecular formula is C15H16N2O3. The van der Waals surface area contributed by atoms with Crippen molar-refractivity contribution in [2.45, 2.75) is 6.92 Å². The smallest absolute Gasteiger partial charge is 0.221 e. The predicted octanol–water partition coefficient (Wildman–Crippen LogP) is 2.25. The van der Waals surface area contributed by atoms with E-state index >= 15 is 0 Å². The lowest BCUT2D eigenvalue weighted by atomic mass is 10.3. The lowest BCUT2D eigenvalue weighted by Crippen LogP contribution is -2.14. The number of aryl methyl sites for hydroxylation is 1. The molecule has 0 radical (unpaired) electrons. The molecular weight excluding hydrogens is 256 g/mol. The van der Waals surface area contributed by atoms with Gasteiger partial charge in [-0.25, -0.2) is 0 Å². The van der Waals surface area contributed by atoms with Gasteiger partial charge in [-0.05, 0) is 24.3 Å². The van der Waals surface area contributed by atoms with E-state index in [4.69, 9.17) is 4.74 Å². The number of hydrogen-bond donors (Lipinski definition) is 1. The summed E-state index contributed by atoms with van der Waals surface area (Å²) >= 11 is 0. The van der Waals surface area contributed by atoms with Crippen LogP contribution in [-0.2, 0) is 11.8 Å². The first-order valence-corrected chi connectivity index (χ1v) is 6.21. The van der Waals surface area contributed by atoms with E-state index in [2.05, 4.69) is 5.32 Å². The molecule has 0 bridgehead atoms. The van der Waals surface area contributed by atoms with Crippen LogP contribution in [-0.4, -0.2) is 22.9 Å². The van der Waals surface area contributed by atoms with Crippen LogP contribution in [0.5, 0.6) is 5.75 Å². The van der Waals surface area contributed by atoms with Gasteiger partial charge in [0.05, 0.1) is 5.69 Å². The molecule has 2 aromatic rings. The first-order valence-electron chi connectivity index (χ1n) is 6.21. The van der Waals surface area contributed by atoms with Crippen LogP contribution in [0.25, 0.3) is 0 Å². The molecule has 0 atom stereocenters. The average molecular weight is 272 g/mol. The average Bonchev–Trinajstić information content (AvgIpc) is 2.82. The Morgan fingerprint density at radius 3 is 2.70 bits per heavy atom. The zero-order chi connectivity index (χ0) is 14.5. The van der Waals surface area contributed by atoms with E-state index < -0.39 is 0 Å². The Balaban J connectivity index is 1.99. The summed E-state index contributed by atoms with van der Waals surface area (Å²) in [4.78, 5) is 22.9. The van der Waals surface area contributed by atoms with Gasteiger partial charge in [0.2, 0.25) is 11.7 Å². The molecule has 1 heterocycles. The number of nitrogens with zero attached hydrogens (tertiary/aromatic N) is 1. The highest BCUT2D eigenvalue weighted by Crippen LogP contribution is 2.17. The first kappa shape index (κ1) is 13.9.